The lowest BCUT2D eigenvalue weighted by Gasteiger charge is -2.08. The Labute approximate surface area is 101 Å². The Morgan fingerprint density at radius 2 is 1.94 bits per heavy atom. The van der Waals surface area contributed by atoms with Crippen LogP contribution in [0.25, 0.3) is 11.3 Å². The van der Waals surface area contributed by atoms with Crippen LogP contribution in [0.4, 0.5) is 5.82 Å². The number of aromatic nitrogens is 3. The number of rotatable bonds is 3. The molecule has 0 aliphatic heterocycles. The Kier molecular flexibility index (Phi) is 3.32. The summed E-state index contributed by atoms with van der Waals surface area (Å²) in [5.74, 6) is 0.800. The molecule has 0 aliphatic carbocycles. The van der Waals surface area contributed by atoms with Gasteiger partial charge in [0, 0.05) is 23.5 Å². The minimum Gasteiger partial charge on any atom is -0.366 e. The number of anilines is 1. The Hall–Kier alpha value is -1.97. The van der Waals surface area contributed by atoms with Crippen molar-refractivity contribution in [2.75, 3.05) is 5.32 Å². The predicted molar refractivity (Wildman–Crippen MR) is 68.8 cm³/mol. The summed E-state index contributed by atoms with van der Waals surface area (Å²) < 4.78 is 0. The van der Waals surface area contributed by atoms with Crippen LogP contribution in [-0.4, -0.2) is 21.2 Å². The van der Waals surface area contributed by atoms with Crippen LogP contribution in [0.15, 0.2) is 30.5 Å². The van der Waals surface area contributed by atoms with Gasteiger partial charge in [0.05, 0.1) is 5.69 Å². The molecule has 2 aromatic rings. The van der Waals surface area contributed by atoms with Crippen LogP contribution in [0.1, 0.15) is 19.5 Å². The molecule has 0 saturated heterocycles. The molecule has 0 atom stereocenters. The summed E-state index contributed by atoms with van der Waals surface area (Å²) in [5.41, 5.74) is 2.89. The van der Waals surface area contributed by atoms with Crippen molar-refractivity contribution < 1.29 is 0 Å². The smallest absolute Gasteiger partial charge is 0.148 e. The fourth-order valence-electron chi connectivity index (χ4n) is 1.56. The number of hydrogen-bond donors (Lipinski definition) is 1. The highest BCUT2D eigenvalue weighted by Gasteiger charge is 2.02. The molecule has 0 spiro atoms. The highest BCUT2D eigenvalue weighted by atomic mass is 15.2. The van der Waals surface area contributed by atoms with Crippen LogP contribution in [-0.2, 0) is 0 Å². The van der Waals surface area contributed by atoms with Gasteiger partial charge in [0.15, 0.2) is 0 Å². The molecule has 0 aromatic carbocycles. The van der Waals surface area contributed by atoms with Gasteiger partial charge in [-0.05, 0) is 45.0 Å². The Morgan fingerprint density at radius 1 is 1.12 bits per heavy atom. The van der Waals surface area contributed by atoms with E-state index >= 15 is 0 Å². The van der Waals surface area contributed by atoms with E-state index in [1.165, 1.54) is 0 Å². The van der Waals surface area contributed by atoms with E-state index in [4.69, 9.17) is 0 Å². The number of hydrogen-bond acceptors (Lipinski definition) is 4. The third kappa shape index (κ3) is 3.00. The van der Waals surface area contributed by atoms with E-state index < -0.39 is 0 Å². The van der Waals surface area contributed by atoms with Crippen LogP contribution in [0.2, 0.25) is 0 Å². The van der Waals surface area contributed by atoms with Crippen LogP contribution < -0.4 is 5.32 Å². The SMILES string of the molecule is Cc1cc(-c2ccc(NC(C)C)nn2)ccn1. The largest absolute Gasteiger partial charge is 0.366 e. The second kappa shape index (κ2) is 4.91. The monoisotopic (exact) mass is 228 g/mol. The zero-order valence-corrected chi connectivity index (χ0v) is 10.3. The van der Waals surface area contributed by atoms with E-state index in [0.717, 1.165) is 22.8 Å². The average Bonchev–Trinajstić information content (AvgIpc) is 2.29. The Bertz CT molecular complexity index is 491. The lowest BCUT2D eigenvalue weighted by atomic mass is 10.1. The highest BCUT2D eigenvalue weighted by Crippen LogP contribution is 2.17. The van der Waals surface area contributed by atoms with Crippen molar-refractivity contribution in [3.8, 4) is 11.3 Å². The van der Waals surface area contributed by atoms with Crippen LogP contribution >= 0.6 is 0 Å². The van der Waals surface area contributed by atoms with E-state index in [0.29, 0.717) is 6.04 Å². The van der Waals surface area contributed by atoms with Gasteiger partial charge in [-0.2, -0.15) is 0 Å². The lowest BCUT2D eigenvalue weighted by molar-refractivity contribution is 0.874. The summed E-state index contributed by atoms with van der Waals surface area (Å²) in [7, 11) is 0. The second-order valence-electron chi connectivity index (χ2n) is 4.29. The summed E-state index contributed by atoms with van der Waals surface area (Å²) >= 11 is 0. The van der Waals surface area contributed by atoms with Crippen molar-refractivity contribution >= 4 is 5.82 Å². The van der Waals surface area contributed by atoms with Crippen molar-refractivity contribution in [2.45, 2.75) is 26.8 Å². The van der Waals surface area contributed by atoms with Gasteiger partial charge in [-0.3, -0.25) is 4.98 Å². The number of nitrogens with zero attached hydrogens (tertiary/aromatic N) is 3. The minimum atomic E-state index is 0.360. The molecule has 2 rings (SSSR count). The zero-order valence-electron chi connectivity index (χ0n) is 10.3. The molecule has 4 heteroatoms. The number of aryl methyl sites for hydroxylation is 1. The fraction of sp³-hybridized carbons (Fsp3) is 0.308. The zero-order chi connectivity index (χ0) is 12.3. The topological polar surface area (TPSA) is 50.7 Å². The molecule has 17 heavy (non-hydrogen) atoms. The third-order valence-corrected chi connectivity index (χ3v) is 2.29. The van der Waals surface area contributed by atoms with Crippen molar-refractivity contribution in [3.05, 3.63) is 36.2 Å². The summed E-state index contributed by atoms with van der Waals surface area (Å²) in [6.45, 7) is 6.11. The van der Waals surface area contributed by atoms with Crippen molar-refractivity contribution in [1.29, 1.82) is 0 Å². The van der Waals surface area contributed by atoms with Crippen LogP contribution in [0.3, 0.4) is 0 Å². The van der Waals surface area contributed by atoms with Gasteiger partial charge < -0.3 is 5.32 Å². The maximum atomic E-state index is 4.20. The molecule has 0 amide bonds. The van der Waals surface area contributed by atoms with E-state index in [1.807, 2.05) is 31.2 Å². The Balaban J connectivity index is 2.23. The third-order valence-electron chi connectivity index (χ3n) is 2.29. The van der Waals surface area contributed by atoms with Crippen LogP contribution in [0.5, 0.6) is 0 Å². The first-order valence-electron chi connectivity index (χ1n) is 5.68. The van der Waals surface area contributed by atoms with Gasteiger partial charge in [0.2, 0.25) is 0 Å². The molecule has 1 N–H and O–H groups in total. The van der Waals surface area contributed by atoms with Gasteiger partial charge >= 0.3 is 0 Å². The maximum absolute atomic E-state index is 4.20. The standard InChI is InChI=1S/C13H16N4/c1-9(2)15-13-5-4-12(16-17-13)11-6-7-14-10(3)8-11/h4-9H,1-3H3,(H,15,17). The molecule has 2 heterocycles. The van der Waals surface area contributed by atoms with E-state index in [-0.39, 0.29) is 0 Å². The van der Waals surface area contributed by atoms with Gasteiger partial charge in [0.25, 0.3) is 0 Å². The molecule has 4 nitrogen and oxygen atoms in total. The maximum Gasteiger partial charge on any atom is 0.148 e. The normalized spacial score (nSPS) is 10.6. The molecule has 0 radical (unpaired) electrons. The first-order chi connectivity index (χ1) is 8.15. The van der Waals surface area contributed by atoms with Gasteiger partial charge in [-0.1, -0.05) is 0 Å². The molecule has 0 unspecified atom stereocenters. The molecule has 0 aliphatic rings. The second-order valence-corrected chi connectivity index (χ2v) is 4.29. The van der Waals surface area contributed by atoms with Crippen molar-refractivity contribution in [3.63, 3.8) is 0 Å². The molecular formula is C13H16N4. The van der Waals surface area contributed by atoms with E-state index in [9.17, 15) is 0 Å². The molecule has 88 valence electrons. The van der Waals surface area contributed by atoms with Crippen molar-refractivity contribution in [2.24, 2.45) is 0 Å². The van der Waals surface area contributed by atoms with Crippen molar-refractivity contribution in [1.82, 2.24) is 15.2 Å². The van der Waals surface area contributed by atoms with E-state index in [1.54, 1.807) is 6.20 Å². The van der Waals surface area contributed by atoms with Crippen LogP contribution in [0, 0.1) is 6.92 Å². The molecule has 0 fully saturated rings. The number of nitrogens with one attached hydrogen (secondary N) is 1. The summed E-state index contributed by atoms with van der Waals surface area (Å²) in [5, 5.41) is 11.6. The fourth-order valence-corrected chi connectivity index (χ4v) is 1.56. The van der Waals surface area contributed by atoms with Gasteiger partial charge in [-0.25, -0.2) is 0 Å². The Morgan fingerprint density at radius 3 is 2.53 bits per heavy atom. The highest BCUT2D eigenvalue weighted by molar-refractivity contribution is 5.59. The number of pyridine rings is 1. The molecule has 0 saturated carbocycles. The molecule has 2 aromatic heterocycles. The summed E-state index contributed by atoms with van der Waals surface area (Å²) in [6, 6.07) is 8.20. The predicted octanol–water partition coefficient (Wildman–Crippen LogP) is 2.67. The minimum absolute atomic E-state index is 0.360. The van der Waals surface area contributed by atoms with Gasteiger partial charge in [-0.15, -0.1) is 10.2 Å². The first-order valence-corrected chi connectivity index (χ1v) is 5.68. The van der Waals surface area contributed by atoms with E-state index in [2.05, 4.69) is 34.3 Å². The lowest BCUT2D eigenvalue weighted by Crippen LogP contribution is -2.11. The van der Waals surface area contributed by atoms with Gasteiger partial charge in [0.1, 0.15) is 5.82 Å². The molecule has 0 bridgehead atoms. The average molecular weight is 228 g/mol. The first kappa shape index (κ1) is 11.5. The molecular weight excluding hydrogens is 212 g/mol. The quantitative estimate of drug-likeness (QED) is 0.877. The summed E-state index contributed by atoms with van der Waals surface area (Å²) in [4.78, 5) is 4.16. The summed E-state index contributed by atoms with van der Waals surface area (Å²) in [6.07, 6.45) is 1.78.